The predicted octanol–water partition coefficient (Wildman–Crippen LogP) is 1.01. The SMILES string of the molecule is CC1CNCCN1C(=O)c1ccc2c(c1)ncn2C. The van der Waals surface area contributed by atoms with Crippen molar-refractivity contribution >= 4 is 16.9 Å². The van der Waals surface area contributed by atoms with Crippen LogP contribution in [0.4, 0.5) is 0 Å². The number of aryl methyl sites for hydroxylation is 1. The molecule has 5 heteroatoms. The topological polar surface area (TPSA) is 50.2 Å². The third kappa shape index (κ3) is 2.10. The van der Waals surface area contributed by atoms with Crippen LogP contribution in [0.1, 0.15) is 17.3 Å². The highest BCUT2D eigenvalue weighted by Gasteiger charge is 2.24. The quantitative estimate of drug-likeness (QED) is 0.830. The number of nitrogens with zero attached hydrogens (tertiary/aromatic N) is 3. The Morgan fingerprint density at radius 1 is 1.47 bits per heavy atom. The van der Waals surface area contributed by atoms with Gasteiger partial charge in [-0.1, -0.05) is 0 Å². The summed E-state index contributed by atoms with van der Waals surface area (Å²) < 4.78 is 1.96. The maximum absolute atomic E-state index is 12.5. The molecule has 1 saturated heterocycles. The molecule has 2 heterocycles. The molecule has 5 nitrogen and oxygen atoms in total. The van der Waals surface area contributed by atoms with Gasteiger partial charge in [0.1, 0.15) is 0 Å². The summed E-state index contributed by atoms with van der Waals surface area (Å²) in [4.78, 5) is 18.8. The Hall–Kier alpha value is -1.88. The van der Waals surface area contributed by atoms with E-state index >= 15 is 0 Å². The first-order valence-corrected chi connectivity index (χ1v) is 6.59. The molecule has 0 spiro atoms. The van der Waals surface area contributed by atoms with Crippen LogP contribution in [0.15, 0.2) is 24.5 Å². The minimum absolute atomic E-state index is 0.0987. The van der Waals surface area contributed by atoms with Gasteiger partial charge in [-0.15, -0.1) is 0 Å². The summed E-state index contributed by atoms with van der Waals surface area (Å²) in [7, 11) is 1.95. The van der Waals surface area contributed by atoms with Crippen molar-refractivity contribution < 1.29 is 4.79 Å². The molecule has 1 aromatic carbocycles. The zero-order chi connectivity index (χ0) is 13.4. The van der Waals surface area contributed by atoms with Gasteiger partial charge in [0.05, 0.1) is 17.4 Å². The van der Waals surface area contributed by atoms with Gasteiger partial charge in [-0.05, 0) is 25.1 Å². The Labute approximate surface area is 112 Å². The molecule has 3 rings (SSSR count). The smallest absolute Gasteiger partial charge is 0.254 e. The van der Waals surface area contributed by atoms with Crippen molar-refractivity contribution in [1.29, 1.82) is 0 Å². The minimum Gasteiger partial charge on any atom is -0.334 e. The lowest BCUT2D eigenvalue weighted by Crippen LogP contribution is -2.52. The normalized spacial score (nSPS) is 19.9. The van der Waals surface area contributed by atoms with E-state index in [-0.39, 0.29) is 11.9 Å². The molecule has 0 bridgehead atoms. The van der Waals surface area contributed by atoms with Gasteiger partial charge in [-0.3, -0.25) is 4.79 Å². The van der Waals surface area contributed by atoms with Crippen molar-refractivity contribution in [3.05, 3.63) is 30.1 Å². The van der Waals surface area contributed by atoms with Gasteiger partial charge in [-0.2, -0.15) is 0 Å². The van der Waals surface area contributed by atoms with Gasteiger partial charge in [0.15, 0.2) is 0 Å². The highest BCUT2D eigenvalue weighted by molar-refractivity contribution is 5.97. The van der Waals surface area contributed by atoms with Crippen LogP contribution in [0, 0.1) is 0 Å². The fraction of sp³-hybridized carbons (Fsp3) is 0.429. The molecule has 1 aromatic heterocycles. The second-order valence-corrected chi connectivity index (χ2v) is 5.11. The molecular weight excluding hydrogens is 240 g/mol. The van der Waals surface area contributed by atoms with Crippen LogP contribution in [0.25, 0.3) is 11.0 Å². The Balaban J connectivity index is 1.92. The van der Waals surface area contributed by atoms with E-state index in [1.807, 2.05) is 34.7 Å². The number of imidazole rings is 1. The number of amides is 1. The van der Waals surface area contributed by atoms with Crippen molar-refractivity contribution in [3.63, 3.8) is 0 Å². The first-order chi connectivity index (χ1) is 9.16. The maximum Gasteiger partial charge on any atom is 0.254 e. The number of rotatable bonds is 1. The zero-order valence-electron chi connectivity index (χ0n) is 11.3. The molecule has 19 heavy (non-hydrogen) atoms. The van der Waals surface area contributed by atoms with Crippen molar-refractivity contribution in [3.8, 4) is 0 Å². The van der Waals surface area contributed by atoms with Crippen molar-refractivity contribution in [2.75, 3.05) is 19.6 Å². The average molecular weight is 258 g/mol. The van der Waals surface area contributed by atoms with Crippen LogP contribution in [-0.2, 0) is 7.05 Å². The molecule has 1 aliphatic rings. The molecule has 1 N–H and O–H groups in total. The number of hydrogen-bond acceptors (Lipinski definition) is 3. The predicted molar refractivity (Wildman–Crippen MR) is 74.1 cm³/mol. The second-order valence-electron chi connectivity index (χ2n) is 5.11. The van der Waals surface area contributed by atoms with Crippen LogP contribution >= 0.6 is 0 Å². The first kappa shape index (κ1) is 12.2. The van der Waals surface area contributed by atoms with E-state index in [0.717, 1.165) is 36.2 Å². The van der Waals surface area contributed by atoms with Gasteiger partial charge in [0, 0.05) is 38.3 Å². The number of carbonyl (C=O) groups excluding carboxylic acids is 1. The van der Waals surface area contributed by atoms with E-state index in [1.165, 1.54) is 0 Å². The summed E-state index contributed by atoms with van der Waals surface area (Å²) in [6, 6.07) is 5.97. The third-order valence-electron chi connectivity index (χ3n) is 3.73. The van der Waals surface area contributed by atoms with E-state index in [9.17, 15) is 4.79 Å². The average Bonchev–Trinajstić information content (AvgIpc) is 2.80. The largest absolute Gasteiger partial charge is 0.334 e. The van der Waals surface area contributed by atoms with Gasteiger partial charge in [0.2, 0.25) is 0 Å². The van der Waals surface area contributed by atoms with Crippen LogP contribution in [-0.4, -0.2) is 46.0 Å². The maximum atomic E-state index is 12.5. The van der Waals surface area contributed by atoms with Crippen molar-refractivity contribution in [1.82, 2.24) is 19.8 Å². The summed E-state index contributed by atoms with van der Waals surface area (Å²) in [6.45, 7) is 4.56. The Kier molecular flexibility index (Phi) is 2.98. The summed E-state index contributed by atoms with van der Waals surface area (Å²) in [6.07, 6.45) is 1.77. The Morgan fingerprint density at radius 2 is 2.32 bits per heavy atom. The minimum atomic E-state index is 0.0987. The van der Waals surface area contributed by atoms with Crippen molar-refractivity contribution in [2.24, 2.45) is 7.05 Å². The van der Waals surface area contributed by atoms with E-state index in [4.69, 9.17) is 0 Å². The molecule has 2 aromatic rings. The molecule has 0 radical (unpaired) electrons. The number of benzene rings is 1. The summed E-state index contributed by atoms with van der Waals surface area (Å²) in [5.74, 6) is 0.0987. The first-order valence-electron chi connectivity index (χ1n) is 6.59. The molecule has 1 fully saturated rings. The summed E-state index contributed by atoms with van der Waals surface area (Å²) >= 11 is 0. The van der Waals surface area contributed by atoms with E-state index in [0.29, 0.717) is 0 Å². The van der Waals surface area contributed by atoms with Gasteiger partial charge in [-0.25, -0.2) is 4.98 Å². The monoisotopic (exact) mass is 258 g/mol. The highest BCUT2D eigenvalue weighted by Crippen LogP contribution is 2.16. The molecule has 1 aliphatic heterocycles. The van der Waals surface area contributed by atoms with E-state index < -0.39 is 0 Å². The second kappa shape index (κ2) is 4.66. The molecule has 1 atom stereocenters. The Morgan fingerprint density at radius 3 is 3.11 bits per heavy atom. The molecular formula is C14H18N4O. The Bertz CT molecular complexity index is 619. The fourth-order valence-electron chi connectivity index (χ4n) is 2.58. The summed E-state index contributed by atoms with van der Waals surface area (Å²) in [5.41, 5.74) is 2.64. The zero-order valence-corrected chi connectivity index (χ0v) is 11.3. The lowest BCUT2D eigenvalue weighted by molar-refractivity contribution is 0.0656. The third-order valence-corrected chi connectivity index (χ3v) is 3.73. The van der Waals surface area contributed by atoms with Gasteiger partial charge in [0.25, 0.3) is 5.91 Å². The summed E-state index contributed by atoms with van der Waals surface area (Å²) in [5, 5.41) is 3.29. The van der Waals surface area contributed by atoms with Crippen LogP contribution < -0.4 is 5.32 Å². The molecule has 1 amide bonds. The number of piperazine rings is 1. The molecule has 100 valence electrons. The number of aromatic nitrogens is 2. The number of hydrogen-bond donors (Lipinski definition) is 1. The number of nitrogens with one attached hydrogen (secondary N) is 1. The van der Waals surface area contributed by atoms with Crippen LogP contribution in [0.3, 0.4) is 0 Å². The molecule has 0 saturated carbocycles. The number of fused-ring (bicyclic) bond motifs is 1. The lowest BCUT2D eigenvalue weighted by Gasteiger charge is -2.34. The molecule has 1 unspecified atom stereocenters. The van der Waals surface area contributed by atoms with Crippen LogP contribution in [0.5, 0.6) is 0 Å². The lowest BCUT2D eigenvalue weighted by atomic mass is 10.1. The van der Waals surface area contributed by atoms with E-state index in [1.54, 1.807) is 6.33 Å². The van der Waals surface area contributed by atoms with E-state index in [2.05, 4.69) is 17.2 Å². The highest BCUT2D eigenvalue weighted by atomic mass is 16.2. The molecule has 0 aliphatic carbocycles. The standard InChI is InChI=1S/C14H18N4O/c1-10-8-15-5-6-18(10)14(19)11-3-4-13-12(7-11)16-9-17(13)2/h3-4,7,9-10,15H,5-6,8H2,1-2H3. The van der Waals surface area contributed by atoms with Gasteiger partial charge >= 0.3 is 0 Å². The van der Waals surface area contributed by atoms with Crippen LogP contribution in [0.2, 0.25) is 0 Å². The van der Waals surface area contributed by atoms with Crippen molar-refractivity contribution in [2.45, 2.75) is 13.0 Å². The number of carbonyl (C=O) groups is 1. The van der Waals surface area contributed by atoms with Gasteiger partial charge < -0.3 is 14.8 Å². The fourth-order valence-corrected chi connectivity index (χ4v) is 2.58.